The minimum absolute atomic E-state index is 0. The van der Waals surface area contributed by atoms with Gasteiger partial charge in [0.2, 0.25) is 0 Å². The Bertz CT molecular complexity index is 655. The van der Waals surface area contributed by atoms with E-state index in [-0.39, 0.29) is 28.5 Å². The second-order valence-electron chi connectivity index (χ2n) is 5.69. The van der Waals surface area contributed by atoms with Crippen LogP contribution >= 0.6 is 0 Å². The molecule has 0 fully saturated rings. The van der Waals surface area contributed by atoms with Gasteiger partial charge in [0, 0.05) is 18.6 Å². The van der Waals surface area contributed by atoms with Crippen molar-refractivity contribution in [1.82, 2.24) is 29.1 Å². The van der Waals surface area contributed by atoms with Gasteiger partial charge in [0.1, 0.15) is 0 Å². The van der Waals surface area contributed by atoms with Crippen molar-refractivity contribution >= 4 is 7.12 Å². The van der Waals surface area contributed by atoms with E-state index in [0.29, 0.717) is 0 Å². The fraction of sp³-hybridized carbons (Fsp3) is 0.235. The summed E-state index contributed by atoms with van der Waals surface area (Å²) in [5.41, 5.74) is 5.64. The van der Waals surface area contributed by atoms with Crippen LogP contribution in [-0.4, -0.2) is 36.2 Å². The first-order chi connectivity index (χ1) is 11.1. The minimum atomic E-state index is -1.12. The molecule has 6 nitrogen and oxygen atoms in total. The molecule has 136 valence electrons. The zero-order valence-corrected chi connectivity index (χ0v) is 17.7. The molecule has 8 heteroatoms. The fourth-order valence-electron chi connectivity index (χ4n) is 2.35. The van der Waals surface area contributed by atoms with Crippen LogP contribution in [0, 0.1) is 7.43 Å². The largest absolute Gasteiger partial charge is 2.00 e. The van der Waals surface area contributed by atoms with Gasteiger partial charge in [0.15, 0.2) is 0 Å². The van der Waals surface area contributed by atoms with Crippen molar-refractivity contribution in [2.24, 2.45) is 0 Å². The van der Waals surface area contributed by atoms with Crippen LogP contribution in [-0.2, 0) is 21.1 Å². The number of hydrogen-bond donors (Lipinski definition) is 0. The standard InChI is InChI=1S/C9H10BN6.C7H12.CH3.Pt/c1-4-11-14(7-1)10(15-8-2-5-12-15)16-9-3-6-13-16;1-6(2)5-7(3)4;;/h1-10H;1-4H3;1H3;/q-1;;-1;+2. The van der Waals surface area contributed by atoms with E-state index in [1.54, 1.807) is 18.6 Å². The molecule has 3 aromatic rings. The summed E-state index contributed by atoms with van der Waals surface area (Å²) in [5.74, 6) is 0. The third-order valence-electron chi connectivity index (χ3n) is 3.05. The molecule has 3 heterocycles. The van der Waals surface area contributed by atoms with Crippen LogP contribution in [0.15, 0.2) is 72.3 Å². The average Bonchev–Trinajstić information content (AvgIpc) is 3.23. The zero-order chi connectivity index (χ0) is 16.7. The van der Waals surface area contributed by atoms with Gasteiger partial charge >= 0.3 is 28.2 Å². The Kier molecular flexibility index (Phi) is 10.5. The maximum atomic E-state index is 4.26. The molecular weight excluding hydrogens is 494 g/mol. The number of allylic oxidation sites excluding steroid dienone is 1. The molecule has 0 amide bonds. The fourth-order valence-corrected chi connectivity index (χ4v) is 2.35. The van der Waals surface area contributed by atoms with Crippen LogP contribution in [0.2, 0.25) is 0 Å². The van der Waals surface area contributed by atoms with Crippen LogP contribution in [0.4, 0.5) is 0 Å². The third kappa shape index (κ3) is 7.12. The van der Waals surface area contributed by atoms with Gasteiger partial charge in [-0.05, 0) is 75.6 Å². The van der Waals surface area contributed by atoms with E-state index in [9.17, 15) is 0 Å². The molecule has 0 aromatic carbocycles. The number of nitrogens with zero attached hydrogens (tertiary/aromatic N) is 6. The van der Waals surface area contributed by atoms with E-state index < -0.39 is 7.12 Å². The number of rotatable bonds is 3. The Hall–Kier alpha value is -2.10. The normalized spacial score (nSPS) is 9.16. The first-order valence-electron chi connectivity index (χ1n) is 7.60. The summed E-state index contributed by atoms with van der Waals surface area (Å²) in [4.78, 5) is 0. The topological polar surface area (TPSA) is 53.5 Å². The van der Waals surface area contributed by atoms with Gasteiger partial charge in [-0.15, -0.1) is 5.73 Å². The van der Waals surface area contributed by atoms with E-state index in [2.05, 4.69) is 21.0 Å². The summed E-state index contributed by atoms with van der Waals surface area (Å²) in [6, 6.07) is 5.69. The van der Waals surface area contributed by atoms with Crippen LogP contribution in [0.1, 0.15) is 27.7 Å². The van der Waals surface area contributed by atoms with Crippen molar-refractivity contribution in [3.63, 3.8) is 0 Å². The minimum Gasteiger partial charge on any atom is -0.403 e. The maximum Gasteiger partial charge on any atom is 2.00 e. The van der Waals surface area contributed by atoms with Crippen molar-refractivity contribution in [2.45, 2.75) is 27.7 Å². The molecule has 0 aliphatic rings. The van der Waals surface area contributed by atoms with Gasteiger partial charge in [-0.1, -0.05) is 0 Å². The molecule has 0 spiro atoms. The summed E-state index contributed by atoms with van der Waals surface area (Å²) in [6.45, 7) is 8.19. The zero-order valence-electron chi connectivity index (χ0n) is 15.4. The second-order valence-corrected chi connectivity index (χ2v) is 5.69. The summed E-state index contributed by atoms with van der Waals surface area (Å²) < 4.78 is 5.62. The maximum absolute atomic E-state index is 4.26. The molecule has 0 saturated carbocycles. The molecule has 0 atom stereocenters. The predicted octanol–water partition coefficient (Wildman–Crippen LogP) is 2.90. The SMILES string of the molecule is CC(C)=C=C(C)C.[CH3-].[Pt+2].c1cnn([BH-](n2cccn2)n2cccn2)c1. The molecule has 0 bridgehead atoms. The molecule has 0 aliphatic heterocycles. The monoisotopic (exact) mass is 519 g/mol. The Labute approximate surface area is 164 Å². The predicted molar refractivity (Wildman–Crippen MR) is 99.7 cm³/mol. The van der Waals surface area contributed by atoms with Crippen molar-refractivity contribution < 1.29 is 21.1 Å². The van der Waals surface area contributed by atoms with Gasteiger partial charge in [-0.25, -0.2) is 15.3 Å². The molecule has 0 saturated heterocycles. The Morgan fingerprint density at radius 1 is 0.720 bits per heavy atom. The van der Waals surface area contributed by atoms with Crippen molar-refractivity contribution in [3.8, 4) is 0 Å². The van der Waals surface area contributed by atoms with Crippen LogP contribution in [0.5, 0.6) is 0 Å². The molecular formula is C17H25BN6Pt. The number of hydrogen-bond acceptors (Lipinski definition) is 3. The molecule has 0 N–H and O–H groups in total. The molecule has 0 aliphatic carbocycles. The van der Waals surface area contributed by atoms with E-state index in [1.165, 1.54) is 11.1 Å². The summed E-state index contributed by atoms with van der Waals surface area (Å²) in [7, 11) is -1.12. The second kappa shape index (κ2) is 11.5. The van der Waals surface area contributed by atoms with Gasteiger partial charge in [0.05, 0.1) is 0 Å². The summed E-state index contributed by atoms with van der Waals surface area (Å²) in [6.07, 6.45) is 11.0. The van der Waals surface area contributed by atoms with Crippen molar-refractivity contribution in [2.75, 3.05) is 0 Å². The van der Waals surface area contributed by atoms with Gasteiger partial charge < -0.3 is 21.2 Å². The smallest absolute Gasteiger partial charge is 0.403 e. The average molecular weight is 519 g/mol. The van der Waals surface area contributed by atoms with E-state index in [0.717, 1.165) is 0 Å². The molecule has 3 rings (SSSR count). The molecule has 0 unspecified atom stereocenters. The van der Waals surface area contributed by atoms with E-state index in [4.69, 9.17) is 0 Å². The quantitative estimate of drug-likeness (QED) is 0.304. The Morgan fingerprint density at radius 2 is 1.04 bits per heavy atom. The van der Waals surface area contributed by atoms with E-state index >= 15 is 0 Å². The van der Waals surface area contributed by atoms with Gasteiger partial charge in [0.25, 0.3) is 0 Å². The first kappa shape index (κ1) is 22.9. The first-order valence-corrected chi connectivity index (χ1v) is 7.60. The Morgan fingerprint density at radius 3 is 1.20 bits per heavy atom. The molecule has 25 heavy (non-hydrogen) atoms. The summed E-state index contributed by atoms with van der Waals surface area (Å²) >= 11 is 0. The van der Waals surface area contributed by atoms with Crippen molar-refractivity contribution in [1.29, 1.82) is 0 Å². The van der Waals surface area contributed by atoms with Crippen LogP contribution in [0.25, 0.3) is 0 Å². The van der Waals surface area contributed by atoms with Gasteiger partial charge in [-0.3, -0.25) is 0 Å². The van der Waals surface area contributed by atoms with Crippen LogP contribution < -0.4 is 0 Å². The van der Waals surface area contributed by atoms with Crippen LogP contribution in [0.3, 0.4) is 0 Å². The third-order valence-corrected chi connectivity index (χ3v) is 3.05. The van der Waals surface area contributed by atoms with Gasteiger partial charge in [-0.2, -0.15) is 0 Å². The molecule has 0 radical (unpaired) electrons. The number of aromatic nitrogens is 6. The van der Waals surface area contributed by atoms with E-state index in [1.807, 2.05) is 78.3 Å². The Balaban J connectivity index is 0.000000560. The van der Waals surface area contributed by atoms with Crippen molar-refractivity contribution in [3.05, 3.63) is 79.7 Å². The summed E-state index contributed by atoms with van der Waals surface area (Å²) in [5, 5.41) is 12.8. The molecule has 3 aromatic heterocycles.